The third-order valence-electron chi connectivity index (χ3n) is 4.41. The van der Waals surface area contributed by atoms with E-state index in [2.05, 4.69) is 0 Å². The first-order chi connectivity index (χ1) is 15.2. The predicted octanol–water partition coefficient (Wildman–Crippen LogP) is 4.49. The van der Waals surface area contributed by atoms with Gasteiger partial charge in [0, 0.05) is 12.8 Å². The van der Waals surface area contributed by atoms with Crippen molar-refractivity contribution in [1.82, 2.24) is 0 Å². The van der Waals surface area contributed by atoms with Crippen LogP contribution in [-0.2, 0) is 28.5 Å². The Kier molecular flexibility index (Phi) is 10.9. The molecule has 174 valence electrons. The lowest BCUT2D eigenvalue weighted by Gasteiger charge is -2.12. The molecule has 8 heteroatoms. The van der Waals surface area contributed by atoms with E-state index in [4.69, 9.17) is 18.9 Å². The molecule has 0 aliphatic heterocycles. The lowest BCUT2D eigenvalue weighted by molar-refractivity contribution is -0.139. The summed E-state index contributed by atoms with van der Waals surface area (Å²) in [7, 11) is 0. The fourth-order valence-corrected chi connectivity index (χ4v) is 2.65. The van der Waals surface area contributed by atoms with Gasteiger partial charge in [0.05, 0.1) is 35.5 Å². The molecule has 0 aromatic heterocycles. The Hall–Kier alpha value is -3.42. The summed E-state index contributed by atoms with van der Waals surface area (Å²) >= 11 is 0. The van der Waals surface area contributed by atoms with Crippen LogP contribution in [0.25, 0.3) is 0 Å². The average Bonchev–Trinajstić information content (AvgIpc) is 2.80. The average molecular weight is 446 g/mol. The highest BCUT2D eigenvalue weighted by Gasteiger charge is 2.20. The molecule has 0 aliphatic carbocycles. The van der Waals surface area contributed by atoms with Gasteiger partial charge < -0.3 is 18.9 Å². The molecule has 0 radical (unpaired) electrons. The van der Waals surface area contributed by atoms with E-state index in [1.165, 1.54) is 38.1 Å². The van der Waals surface area contributed by atoms with Crippen molar-refractivity contribution >= 4 is 23.9 Å². The minimum Gasteiger partial charge on any atom is -0.463 e. The SMILES string of the molecule is CCOC(=O)C(C)=C(CC)OC(=O)c1cccc(C(=O)OC(CC)=C(C)C(=O)OCC)c1. The molecule has 0 aliphatic rings. The van der Waals surface area contributed by atoms with E-state index >= 15 is 0 Å². The van der Waals surface area contributed by atoms with Crippen molar-refractivity contribution in [1.29, 1.82) is 0 Å². The number of carbonyl (C=O) groups excluding carboxylic acids is 4. The van der Waals surface area contributed by atoms with E-state index in [-0.39, 0.29) is 47.0 Å². The summed E-state index contributed by atoms with van der Waals surface area (Å²) in [4.78, 5) is 49.0. The topological polar surface area (TPSA) is 105 Å². The van der Waals surface area contributed by atoms with Gasteiger partial charge in [0.2, 0.25) is 0 Å². The van der Waals surface area contributed by atoms with E-state index in [1.807, 2.05) is 0 Å². The van der Waals surface area contributed by atoms with E-state index in [0.717, 1.165) is 0 Å². The van der Waals surface area contributed by atoms with Gasteiger partial charge in [0.1, 0.15) is 11.5 Å². The van der Waals surface area contributed by atoms with E-state index in [9.17, 15) is 19.2 Å². The second-order valence-corrected chi connectivity index (χ2v) is 6.60. The minimum atomic E-state index is -0.728. The van der Waals surface area contributed by atoms with E-state index in [0.29, 0.717) is 12.8 Å². The van der Waals surface area contributed by atoms with Crippen LogP contribution in [0.5, 0.6) is 0 Å². The molecule has 1 rings (SSSR count). The van der Waals surface area contributed by atoms with Crippen LogP contribution in [0.1, 0.15) is 75.1 Å². The first-order valence-corrected chi connectivity index (χ1v) is 10.5. The minimum absolute atomic E-state index is 0.103. The third-order valence-corrected chi connectivity index (χ3v) is 4.41. The van der Waals surface area contributed by atoms with Crippen molar-refractivity contribution in [2.75, 3.05) is 13.2 Å². The number of hydrogen-bond donors (Lipinski definition) is 0. The Bertz CT molecular complexity index is 852. The summed E-state index contributed by atoms with van der Waals surface area (Å²) in [5.74, 6) is -2.22. The summed E-state index contributed by atoms with van der Waals surface area (Å²) in [6.07, 6.45) is 0.603. The first kappa shape index (κ1) is 26.6. The number of hydrogen-bond acceptors (Lipinski definition) is 8. The smallest absolute Gasteiger partial charge is 0.343 e. The largest absolute Gasteiger partial charge is 0.463 e. The maximum absolute atomic E-state index is 12.6. The lowest BCUT2D eigenvalue weighted by atomic mass is 10.1. The number of rotatable bonds is 10. The molecule has 0 saturated heterocycles. The van der Waals surface area contributed by atoms with Crippen molar-refractivity contribution in [2.24, 2.45) is 0 Å². The van der Waals surface area contributed by atoms with Gasteiger partial charge in [-0.05, 0) is 45.9 Å². The molecule has 0 spiro atoms. The Balaban J connectivity index is 3.08. The summed E-state index contributed by atoms with van der Waals surface area (Å²) < 4.78 is 20.6. The Morgan fingerprint density at radius 3 is 1.38 bits per heavy atom. The van der Waals surface area contributed by atoms with Crippen molar-refractivity contribution in [2.45, 2.75) is 54.4 Å². The molecule has 8 nitrogen and oxygen atoms in total. The Morgan fingerprint density at radius 2 is 1.06 bits per heavy atom. The molecule has 0 atom stereocenters. The quantitative estimate of drug-likeness (QED) is 0.224. The van der Waals surface area contributed by atoms with Gasteiger partial charge in [-0.25, -0.2) is 19.2 Å². The van der Waals surface area contributed by atoms with Gasteiger partial charge in [0.15, 0.2) is 0 Å². The normalized spacial score (nSPS) is 12.2. The van der Waals surface area contributed by atoms with Gasteiger partial charge in [-0.2, -0.15) is 0 Å². The Morgan fingerprint density at radius 1 is 0.688 bits per heavy atom. The number of ether oxygens (including phenoxy) is 4. The highest BCUT2D eigenvalue weighted by atomic mass is 16.6. The van der Waals surface area contributed by atoms with Crippen LogP contribution >= 0.6 is 0 Å². The number of esters is 4. The predicted molar refractivity (Wildman–Crippen MR) is 117 cm³/mol. The molecule has 0 saturated carbocycles. The fourth-order valence-electron chi connectivity index (χ4n) is 2.65. The molecule has 0 fully saturated rings. The van der Waals surface area contributed by atoms with Crippen LogP contribution in [0.2, 0.25) is 0 Å². The standard InChI is InChI=1S/C24H30O8/c1-7-19(15(5)21(25)29-9-3)31-23(27)17-12-11-13-18(14-17)24(28)32-20(8-2)16(6)22(26)30-10-4/h11-14H,7-10H2,1-6H3. The van der Waals surface area contributed by atoms with Crippen molar-refractivity contribution in [3.63, 3.8) is 0 Å². The van der Waals surface area contributed by atoms with Crippen LogP contribution in [0, 0.1) is 0 Å². The summed E-state index contributed by atoms with van der Waals surface area (Å²) in [6, 6.07) is 5.79. The third kappa shape index (κ3) is 7.37. The van der Waals surface area contributed by atoms with Gasteiger partial charge in [-0.1, -0.05) is 19.9 Å². The van der Waals surface area contributed by atoms with Crippen molar-refractivity contribution < 1.29 is 38.1 Å². The van der Waals surface area contributed by atoms with Crippen molar-refractivity contribution in [3.8, 4) is 0 Å². The second-order valence-electron chi connectivity index (χ2n) is 6.60. The zero-order chi connectivity index (χ0) is 24.3. The lowest BCUT2D eigenvalue weighted by Crippen LogP contribution is -2.14. The van der Waals surface area contributed by atoms with Crippen LogP contribution in [0.3, 0.4) is 0 Å². The van der Waals surface area contributed by atoms with Crippen LogP contribution < -0.4 is 0 Å². The maximum atomic E-state index is 12.6. The maximum Gasteiger partial charge on any atom is 0.343 e. The number of benzene rings is 1. The van der Waals surface area contributed by atoms with Crippen LogP contribution in [0.4, 0.5) is 0 Å². The molecule has 0 unspecified atom stereocenters. The fraction of sp³-hybridized carbons (Fsp3) is 0.417. The molecule has 0 bridgehead atoms. The summed E-state index contributed by atoms with van der Waals surface area (Å²) in [6.45, 7) is 10.3. The van der Waals surface area contributed by atoms with E-state index in [1.54, 1.807) is 27.7 Å². The first-order valence-electron chi connectivity index (χ1n) is 10.5. The molecule has 1 aromatic rings. The molecular formula is C24H30O8. The molecule has 1 aromatic carbocycles. The Labute approximate surface area is 188 Å². The molecule has 0 amide bonds. The highest BCUT2D eigenvalue weighted by Crippen LogP contribution is 2.18. The summed E-state index contributed by atoms with van der Waals surface area (Å²) in [5, 5.41) is 0. The van der Waals surface area contributed by atoms with Gasteiger partial charge >= 0.3 is 23.9 Å². The monoisotopic (exact) mass is 446 g/mol. The zero-order valence-electron chi connectivity index (χ0n) is 19.4. The highest BCUT2D eigenvalue weighted by molar-refractivity contribution is 5.97. The van der Waals surface area contributed by atoms with Crippen LogP contribution in [-0.4, -0.2) is 37.1 Å². The molecular weight excluding hydrogens is 416 g/mol. The number of carbonyl (C=O) groups is 4. The molecule has 32 heavy (non-hydrogen) atoms. The molecule has 0 heterocycles. The van der Waals surface area contributed by atoms with E-state index < -0.39 is 23.9 Å². The van der Waals surface area contributed by atoms with Gasteiger partial charge in [0.25, 0.3) is 0 Å². The van der Waals surface area contributed by atoms with Crippen LogP contribution in [0.15, 0.2) is 46.9 Å². The van der Waals surface area contributed by atoms with Gasteiger partial charge in [-0.15, -0.1) is 0 Å². The zero-order valence-corrected chi connectivity index (χ0v) is 19.4. The molecule has 0 N–H and O–H groups in total. The second kappa shape index (κ2) is 13.1. The van der Waals surface area contributed by atoms with Crippen molar-refractivity contribution in [3.05, 3.63) is 58.1 Å². The summed E-state index contributed by atoms with van der Waals surface area (Å²) in [5.41, 5.74) is 0.605. The number of allylic oxidation sites excluding steroid dienone is 2. The van der Waals surface area contributed by atoms with Gasteiger partial charge in [-0.3, -0.25) is 0 Å².